The summed E-state index contributed by atoms with van der Waals surface area (Å²) in [5.41, 5.74) is 2.40. The fourth-order valence-corrected chi connectivity index (χ4v) is 4.36. The first kappa shape index (κ1) is 23.7. The summed E-state index contributed by atoms with van der Waals surface area (Å²) in [6.07, 6.45) is 3.15. The molecule has 0 saturated carbocycles. The molecule has 0 radical (unpaired) electrons. The van der Waals surface area contributed by atoms with E-state index in [1.807, 2.05) is 7.05 Å². The Morgan fingerprint density at radius 3 is 2.36 bits per heavy atom. The first-order valence-corrected chi connectivity index (χ1v) is 11.9. The van der Waals surface area contributed by atoms with Crippen LogP contribution in [-0.2, 0) is 13.6 Å². The first-order chi connectivity index (χ1) is 17.4. The molecule has 1 saturated heterocycles. The second-order valence-electron chi connectivity index (χ2n) is 8.95. The van der Waals surface area contributed by atoms with Crippen LogP contribution in [-0.4, -0.2) is 49.7 Å². The molecule has 0 bridgehead atoms. The summed E-state index contributed by atoms with van der Waals surface area (Å²) in [5, 5.41) is 7.53. The maximum absolute atomic E-state index is 13.6. The number of halogens is 2. The van der Waals surface area contributed by atoms with Crippen molar-refractivity contribution in [3.63, 3.8) is 0 Å². The van der Waals surface area contributed by atoms with Crippen LogP contribution in [0.2, 0.25) is 0 Å². The van der Waals surface area contributed by atoms with Crippen molar-refractivity contribution in [2.75, 3.05) is 13.1 Å². The third-order valence-electron chi connectivity index (χ3n) is 6.37. The van der Waals surface area contributed by atoms with Crippen LogP contribution in [0.15, 0.2) is 66.9 Å². The number of carbonyl (C=O) groups excluding carboxylic acids is 1. The lowest BCUT2D eigenvalue weighted by Gasteiger charge is -2.31. The number of benzene rings is 2. The lowest BCUT2D eigenvalue weighted by molar-refractivity contribution is 0.0907. The van der Waals surface area contributed by atoms with Crippen molar-refractivity contribution in [2.45, 2.75) is 25.4 Å². The van der Waals surface area contributed by atoms with Crippen molar-refractivity contribution in [1.82, 2.24) is 30.0 Å². The summed E-state index contributed by atoms with van der Waals surface area (Å²) >= 11 is 0. The van der Waals surface area contributed by atoms with Gasteiger partial charge in [0.1, 0.15) is 17.5 Å². The van der Waals surface area contributed by atoms with Gasteiger partial charge in [-0.1, -0.05) is 24.3 Å². The highest BCUT2D eigenvalue weighted by molar-refractivity contribution is 5.94. The monoisotopic (exact) mass is 488 g/mol. The highest BCUT2D eigenvalue weighted by Gasteiger charge is 2.23. The molecule has 7 nitrogen and oxygen atoms in total. The van der Waals surface area contributed by atoms with Crippen LogP contribution in [0.1, 0.15) is 29.0 Å². The molecule has 2 aromatic heterocycles. The number of hydrogen-bond acceptors (Lipinski definition) is 5. The zero-order valence-corrected chi connectivity index (χ0v) is 19.9. The van der Waals surface area contributed by atoms with Gasteiger partial charge in [-0.05, 0) is 49.2 Å². The number of rotatable bonds is 6. The fraction of sp³-hybridized carbons (Fsp3) is 0.259. The highest BCUT2D eigenvalue weighted by Crippen LogP contribution is 2.20. The number of nitrogens with one attached hydrogen (secondary N) is 1. The van der Waals surface area contributed by atoms with Gasteiger partial charge in [-0.15, -0.1) is 0 Å². The van der Waals surface area contributed by atoms with Gasteiger partial charge in [0.2, 0.25) is 0 Å². The van der Waals surface area contributed by atoms with Gasteiger partial charge in [-0.25, -0.2) is 13.8 Å². The van der Waals surface area contributed by atoms with Gasteiger partial charge in [0.15, 0.2) is 5.82 Å². The van der Waals surface area contributed by atoms with Gasteiger partial charge in [0.05, 0.1) is 17.8 Å². The number of carbonyl (C=O) groups is 1. The fourth-order valence-electron chi connectivity index (χ4n) is 4.36. The molecule has 2 aromatic carbocycles. The van der Waals surface area contributed by atoms with E-state index in [4.69, 9.17) is 0 Å². The van der Waals surface area contributed by atoms with Gasteiger partial charge in [0, 0.05) is 43.5 Å². The average Bonchev–Trinajstić information content (AvgIpc) is 3.25. The van der Waals surface area contributed by atoms with Crippen molar-refractivity contribution < 1.29 is 13.6 Å². The van der Waals surface area contributed by atoms with E-state index in [-0.39, 0.29) is 23.6 Å². The Hall–Kier alpha value is -3.98. The Balaban J connectivity index is 1.14. The van der Waals surface area contributed by atoms with Crippen LogP contribution in [0.5, 0.6) is 0 Å². The third-order valence-corrected chi connectivity index (χ3v) is 6.37. The zero-order chi connectivity index (χ0) is 25.1. The van der Waals surface area contributed by atoms with Gasteiger partial charge >= 0.3 is 0 Å². The molecule has 5 rings (SSSR count). The lowest BCUT2D eigenvalue weighted by atomic mass is 10.0. The molecule has 1 aliphatic rings. The van der Waals surface area contributed by atoms with Crippen LogP contribution in [0.3, 0.4) is 0 Å². The molecule has 36 heavy (non-hydrogen) atoms. The van der Waals surface area contributed by atoms with E-state index in [1.165, 1.54) is 30.5 Å². The molecule has 1 aliphatic heterocycles. The lowest BCUT2D eigenvalue weighted by Crippen LogP contribution is -2.44. The smallest absolute Gasteiger partial charge is 0.253 e. The SMILES string of the molecule is Cn1nc(-c2cccc(F)c2)nc1CN1CCC(NC(=O)c2ccc(-c3cccc(F)c3)nc2)CC1. The van der Waals surface area contributed by atoms with Crippen LogP contribution in [0, 0.1) is 11.6 Å². The standard InChI is InChI=1S/C27H26F2N6O/c1-34-25(32-26(33-34)19-5-3-7-22(29)15-19)17-35-12-10-23(11-13-35)31-27(36)20-8-9-24(30-16-20)18-4-2-6-21(28)14-18/h2-9,14-16,23H,10-13,17H2,1H3,(H,31,36). The van der Waals surface area contributed by atoms with Crippen molar-refractivity contribution in [3.05, 3.63) is 89.9 Å². The zero-order valence-electron chi connectivity index (χ0n) is 19.9. The van der Waals surface area contributed by atoms with Crippen molar-refractivity contribution in [1.29, 1.82) is 0 Å². The second-order valence-corrected chi connectivity index (χ2v) is 8.95. The number of amides is 1. The normalized spacial score (nSPS) is 14.6. The number of pyridine rings is 1. The van der Waals surface area contributed by atoms with Crippen molar-refractivity contribution in [3.8, 4) is 22.6 Å². The second kappa shape index (κ2) is 10.3. The number of aromatic nitrogens is 4. The summed E-state index contributed by atoms with van der Waals surface area (Å²) in [7, 11) is 1.84. The quantitative estimate of drug-likeness (QED) is 0.440. The van der Waals surface area contributed by atoms with E-state index < -0.39 is 0 Å². The average molecular weight is 489 g/mol. The van der Waals surface area contributed by atoms with Crippen molar-refractivity contribution in [2.24, 2.45) is 7.05 Å². The summed E-state index contributed by atoms with van der Waals surface area (Å²) in [5.74, 6) is 0.504. The molecule has 4 aromatic rings. The Bertz CT molecular complexity index is 1360. The van der Waals surface area contributed by atoms with E-state index in [9.17, 15) is 13.6 Å². The molecule has 1 amide bonds. The summed E-state index contributed by atoms with van der Waals surface area (Å²) in [4.78, 5) is 23.9. The van der Waals surface area contributed by atoms with E-state index in [1.54, 1.807) is 41.1 Å². The number of piperidine rings is 1. The Labute approximate surface area is 207 Å². The van der Waals surface area contributed by atoms with E-state index in [0.29, 0.717) is 34.8 Å². The highest BCUT2D eigenvalue weighted by atomic mass is 19.1. The molecule has 9 heteroatoms. The predicted molar refractivity (Wildman–Crippen MR) is 132 cm³/mol. The maximum atomic E-state index is 13.6. The summed E-state index contributed by atoms with van der Waals surface area (Å²) < 4.78 is 28.7. The minimum absolute atomic E-state index is 0.0685. The Morgan fingerprint density at radius 2 is 1.69 bits per heavy atom. The largest absolute Gasteiger partial charge is 0.349 e. The third kappa shape index (κ3) is 5.46. The van der Waals surface area contributed by atoms with Crippen LogP contribution >= 0.6 is 0 Å². The van der Waals surface area contributed by atoms with Gasteiger partial charge in [-0.3, -0.25) is 19.4 Å². The van der Waals surface area contributed by atoms with Crippen molar-refractivity contribution >= 4 is 5.91 Å². The number of aryl methyl sites for hydroxylation is 1. The molecule has 1 N–H and O–H groups in total. The summed E-state index contributed by atoms with van der Waals surface area (Å²) in [6, 6.07) is 16.0. The Morgan fingerprint density at radius 1 is 1.00 bits per heavy atom. The molecule has 0 spiro atoms. The van der Waals surface area contributed by atoms with Crippen LogP contribution < -0.4 is 5.32 Å². The first-order valence-electron chi connectivity index (χ1n) is 11.9. The molecule has 184 valence electrons. The molecular weight excluding hydrogens is 462 g/mol. The van der Waals surface area contributed by atoms with Gasteiger partial charge in [0.25, 0.3) is 5.91 Å². The molecule has 0 atom stereocenters. The summed E-state index contributed by atoms with van der Waals surface area (Å²) in [6.45, 7) is 2.25. The molecule has 0 unspecified atom stereocenters. The van der Waals surface area contributed by atoms with Crippen LogP contribution in [0.25, 0.3) is 22.6 Å². The minimum Gasteiger partial charge on any atom is -0.349 e. The van der Waals surface area contributed by atoms with Gasteiger partial charge in [-0.2, -0.15) is 5.10 Å². The number of hydrogen-bond donors (Lipinski definition) is 1. The molecule has 0 aliphatic carbocycles. The molecular formula is C27H26F2N6O. The van der Waals surface area contributed by atoms with E-state index in [0.717, 1.165) is 31.8 Å². The van der Waals surface area contributed by atoms with Crippen LogP contribution in [0.4, 0.5) is 8.78 Å². The topological polar surface area (TPSA) is 75.9 Å². The Kier molecular flexibility index (Phi) is 6.81. The minimum atomic E-state index is -0.325. The number of likely N-dealkylation sites (tertiary alicyclic amines) is 1. The molecule has 3 heterocycles. The predicted octanol–water partition coefficient (Wildman–Crippen LogP) is 4.22. The number of nitrogens with zero attached hydrogens (tertiary/aromatic N) is 5. The maximum Gasteiger partial charge on any atom is 0.253 e. The van der Waals surface area contributed by atoms with E-state index in [2.05, 4.69) is 25.3 Å². The van der Waals surface area contributed by atoms with Gasteiger partial charge < -0.3 is 5.32 Å². The molecule has 1 fully saturated rings. The van der Waals surface area contributed by atoms with E-state index >= 15 is 0 Å².